The van der Waals surface area contributed by atoms with Crippen molar-refractivity contribution in [3.63, 3.8) is 0 Å². The maximum absolute atomic E-state index is 13.0. The van der Waals surface area contributed by atoms with Crippen LogP contribution in [0, 0.1) is 23.7 Å². The van der Waals surface area contributed by atoms with Gasteiger partial charge in [0.2, 0.25) is 0 Å². The Morgan fingerprint density at radius 3 is 2.31 bits per heavy atom. The van der Waals surface area contributed by atoms with Gasteiger partial charge in [0.15, 0.2) is 5.82 Å². The second-order valence-corrected chi connectivity index (χ2v) is 10.8. The first-order valence-electron chi connectivity index (χ1n) is 13.2. The molecule has 35 heavy (non-hydrogen) atoms. The van der Waals surface area contributed by atoms with Gasteiger partial charge in [-0.2, -0.15) is 0 Å². The van der Waals surface area contributed by atoms with E-state index < -0.39 is 18.3 Å². The lowest BCUT2D eigenvalue weighted by atomic mass is 9.83. The molecular formula is C26H36N4O5. The Balaban J connectivity index is 1.26. The van der Waals surface area contributed by atoms with Crippen molar-refractivity contribution in [2.24, 2.45) is 23.7 Å². The summed E-state index contributed by atoms with van der Waals surface area (Å²) in [6.45, 7) is 4.52. The highest BCUT2D eigenvalue weighted by atomic mass is 16.6. The van der Waals surface area contributed by atoms with E-state index in [0.29, 0.717) is 29.9 Å². The van der Waals surface area contributed by atoms with Crippen molar-refractivity contribution in [3.05, 3.63) is 24.3 Å². The van der Waals surface area contributed by atoms with Crippen LogP contribution in [0.4, 0.5) is 0 Å². The van der Waals surface area contributed by atoms with Gasteiger partial charge in [-0.1, -0.05) is 13.8 Å². The smallest absolute Gasteiger partial charge is 0.309 e. The van der Waals surface area contributed by atoms with E-state index in [2.05, 4.69) is 29.0 Å². The van der Waals surface area contributed by atoms with Crippen molar-refractivity contribution in [2.45, 2.75) is 89.9 Å². The number of ether oxygens (including phenoxy) is 3. The Bertz CT molecular complexity index is 1030. The Kier molecular flexibility index (Phi) is 7.32. The minimum atomic E-state index is -0.540. The molecule has 9 nitrogen and oxygen atoms in total. The Hall–Kier alpha value is -2.55. The molecule has 0 spiro atoms. The summed E-state index contributed by atoms with van der Waals surface area (Å²) in [5.41, 5.74) is 0. The fourth-order valence-corrected chi connectivity index (χ4v) is 5.65. The molecule has 0 unspecified atom stereocenters. The van der Waals surface area contributed by atoms with E-state index >= 15 is 0 Å². The van der Waals surface area contributed by atoms with Gasteiger partial charge in [-0.05, 0) is 69.3 Å². The van der Waals surface area contributed by atoms with Crippen LogP contribution < -0.4 is 0 Å². The minimum Gasteiger partial charge on any atom is -0.463 e. The largest absolute Gasteiger partial charge is 0.463 e. The predicted octanol–water partition coefficient (Wildman–Crippen LogP) is 4.06. The van der Waals surface area contributed by atoms with E-state index in [1.165, 1.54) is 0 Å². The fourth-order valence-electron chi connectivity index (χ4n) is 5.65. The fraction of sp³-hybridized carbons (Fsp3) is 0.731. The molecule has 190 valence electrons. The normalized spacial score (nSPS) is 33.5. The lowest BCUT2D eigenvalue weighted by Gasteiger charge is -2.27. The molecule has 3 atom stereocenters. The molecular weight excluding hydrogens is 448 g/mol. The van der Waals surface area contributed by atoms with Crippen molar-refractivity contribution < 1.29 is 23.8 Å². The van der Waals surface area contributed by atoms with Gasteiger partial charge in [0.05, 0.1) is 11.8 Å². The summed E-state index contributed by atoms with van der Waals surface area (Å²) >= 11 is 0. The molecule has 0 amide bonds. The highest BCUT2D eigenvalue weighted by Crippen LogP contribution is 2.37. The van der Waals surface area contributed by atoms with Crippen molar-refractivity contribution in [1.29, 1.82) is 0 Å². The molecule has 2 saturated carbocycles. The summed E-state index contributed by atoms with van der Waals surface area (Å²) < 4.78 is 19.8. The molecule has 0 N–H and O–H groups in total. The zero-order valence-electron chi connectivity index (χ0n) is 20.7. The SMILES string of the molecule is CC1CCC(C(=O)OC[C@H]2O[C@H](c3nnc4ncccn34)C[C@@H]2OC(=O)C2CCC(C)CC2)CC1. The highest BCUT2D eigenvalue weighted by molar-refractivity contribution is 5.73. The summed E-state index contributed by atoms with van der Waals surface area (Å²) in [5, 5.41) is 8.40. The summed E-state index contributed by atoms with van der Waals surface area (Å²) in [5.74, 6) is 1.94. The summed E-state index contributed by atoms with van der Waals surface area (Å²) in [6, 6.07) is 1.81. The molecule has 3 fully saturated rings. The molecule has 2 aliphatic carbocycles. The van der Waals surface area contributed by atoms with Crippen LogP contribution in [0.15, 0.2) is 18.5 Å². The number of carbonyl (C=O) groups is 2. The first-order valence-corrected chi connectivity index (χ1v) is 13.2. The summed E-state index contributed by atoms with van der Waals surface area (Å²) in [7, 11) is 0. The second kappa shape index (κ2) is 10.6. The van der Waals surface area contributed by atoms with Crippen molar-refractivity contribution >= 4 is 17.7 Å². The van der Waals surface area contributed by atoms with Crippen LogP contribution in [0.5, 0.6) is 0 Å². The molecule has 0 bridgehead atoms. The standard InChI is InChI=1S/C26H36N4O5/c1-16-4-8-18(9-5-16)24(31)33-15-22-20(35-25(32)19-10-6-17(2)7-11-19)14-21(34-22)23-28-29-26-27-12-3-13-30(23)26/h3,12-13,16-22H,4-11,14-15H2,1-2H3/t16?,17?,18?,19?,20-,21-,22+/m0/s1. The minimum absolute atomic E-state index is 0.0554. The average Bonchev–Trinajstić information content (AvgIpc) is 3.47. The molecule has 3 heterocycles. The maximum atomic E-state index is 13.0. The topological polar surface area (TPSA) is 105 Å². The molecule has 2 aromatic rings. The molecule has 2 aromatic heterocycles. The summed E-state index contributed by atoms with van der Waals surface area (Å²) in [6.07, 6.45) is 10.1. The lowest BCUT2D eigenvalue weighted by molar-refractivity contribution is -0.164. The van der Waals surface area contributed by atoms with E-state index in [0.717, 1.165) is 51.4 Å². The van der Waals surface area contributed by atoms with E-state index in [9.17, 15) is 9.59 Å². The number of nitrogens with zero attached hydrogens (tertiary/aromatic N) is 4. The van der Waals surface area contributed by atoms with Crippen molar-refractivity contribution in [1.82, 2.24) is 19.6 Å². The van der Waals surface area contributed by atoms with Crippen molar-refractivity contribution in [2.75, 3.05) is 6.61 Å². The van der Waals surface area contributed by atoms with Gasteiger partial charge < -0.3 is 14.2 Å². The van der Waals surface area contributed by atoms with Gasteiger partial charge in [-0.25, -0.2) is 4.98 Å². The molecule has 5 rings (SSSR count). The molecule has 3 aliphatic rings. The van der Waals surface area contributed by atoms with E-state index in [-0.39, 0.29) is 30.4 Å². The van der Waals surface area contributed by atoms with Gasteiger partial charge in [0, 0.05) is 18.8 Å². The Morgan fingerprint density at radius 2 is 1.63 bits per heavy atom. The Labute approximate surface area is 205 Å². The van der Waals surface area contributed by atoms with Crippen LogP contribution in [0.3, 0.4) is 0 Å². The first kappa shape index (κ1) is 24.2. The highest BCUT2D eigenvalue weighted by Gasteiger charge is 2.43. The number of carbonyl (C=O) groups excluding carboxylic acids is 2. The first-order chi connectivity index (χ1) is 17.0. The monoisotopic (exact) mass is 484 g/mol. The third-order valence-corrected chi connectivity index (χ3v) is 8.06. The third-order valence-electron chi connectivity index (χ3n) is 8.06. The van der Waals surface area contributed by atoms with Crippen LogP contribution >= 0.6 is 0 Å². The van der Waals surface area contributed by atoms with Gasteiger partial charge in [0.25, 0.3) is 5.78 Å². The number of hydrogen-bond acceptors (Lipinski definition) is 8. The molecule has 0 radical (unpaired) electrons. The van der Waals surface area contributed by atoms with Gasteiger partial charge in [-0.3, -0.25) is 14.0 Å². The lowest BCUT2D eigenvalue weighted by Crippen LogP contribution is -2.35. The van der Waals surface area contributed by atoms with Crippen LogP contribution in [0.1, 0.15) is 83.6 Å². The quantitative estimate of drug-likeness (QED) is 0.565. The second-order valence-electron chi connectivity index (χ2n) is 10.8. The predicted molar refractivity (Wildman–Crippen MR) is 126 cm³/mol. The number of fused-ring (bicyclic) bond motifs is 1. The number of aromatic nitrogens is 4. The zero-order chi connectivity index (χ0) is 24.4. The van der Waals surface area contributed by atoms with E-state index in [1.54, 1.807) is 16.7 Å². The molecule has 1 aliphatic heterocycles. The van der Waals surface area contributed by atoms with Crippen LogP contribution in [0.25, 0.3) is 5.78 Å². The van der Waals surface area contributed by atoms with Gasteiger partial charge >= 0.3 is 11.9 Å². The van der Waals surface area contributed by atoms with E-state index in [1.807, 2.05) is 6.20 Å². The third kappa shape index (κ3) is 5.50. The number of rotatable bonds is 6. The number of hydrogen-bond donors (Lipinski definition) is 0. The number of esters is 2. The zero-order valence-corrected chi connectivity index (χ0v) is 20.7. The summed E-state index contributed by atoms with van der Waals surface area (Å²) in [4.78, 5) is 30.0. The molecule has 1 saturated heterocycles. The van der Waals surface area contributed by atoms with E-state index in [4.69, 9.17) is 14.2 Å². The Morgan fingerprint density at radius 1 is 0.971 bits per heavy atom. The molecule has 0 aromatic carbocycles. The van der Waals surface area contributed by atoms with Crippen molar-refractivity contribution in [3.8, 4) is 0 Å². The van der Waals surface area contributed by atoms with Crippen LogP contribution in [-0.4, -0.2) is 50.3 Å². The maximum Gasteiger partial charge on any atom is 0.309 e. The average molecular weight is 485 g/mol. The van der Waals surface area contributed by atoms with Gasteiger partial charge in [0.1, 0.15) is 24.9 Å². The van der Waals surface area contributed by atoms with Gasteiger partial charge in [-0.15, -0.1) is 10.2 Å². The molecule has 9 heteroatoms. The van der Waals surface area contributed by atoms with Crippen LogP contribution in [0.2, 0.25) is 0 Å². The van der Waals surface area contributed by atoms with Crippen LogP contribution in [-0.2, 0) is 23.8 Å².